The third-order valence-electron chi connectivity index (χ3n) is 7.96. The molecule has 1 aliphatic heterocycles. The monoisotopic (exact) mass is 569 g/mol. The highest BCUT2D eigenvalue weighted by Gasteiger charge is 2.33. The lowest BCUT2D eigenvalue weighted by Gasteiger charge is -2.32. The highest BCUT2D eigenvalue weighted by molar-refractivity contribution is 5.98. The van der Waals surface area contributed by atoms with E-state index < -0.39 is 12.1 Å². The van der Waals surface area contributed by atoms with E-state index >= 15 is 0 Å². The normalized spacial score (nSPS) is 16.3. The van der Waals surface area contributed by atoms with E-state index in [1.54, 1.807) is 36.2 Å². The number of carbonyl (C=O) groups is 3. The number of para-hydroxylation sites is 1. The molecule has 0 radical (unpaired) electrons. The molecular formula is C33H39N5O4. The summed E-state index contributed by atoms with van der Waals surface area (Å²) in [5.41, 5.74) is 9.77. The molecule has 220 valence electrons. The van der Waals surface area contributed by atoms with Crippen molar-refractivity contribution < 1.29 is 19.1 Å². The van der Waals surface area contributed by atoms with Crippen LogP contribution >= 0.6 is 0 Å². The van der Waals surface area contributed by atoms with Crippen molar-refractivity contribution in [2.45, 2.75) is 37.8 Å². The molecular weight excluding hydrogens is 530 g/mol. The summed E-state index contributed by atoms with van der Waals surface area (Å²) in [6, 6.07) is 24.1. The number of nitrogens with two attached hydrogens (primary N) is 1. The van der Waals surface area contributed by atoms with E-state index in [9.17, 15) is 14.4 Å². The number of nitrogens with zero attached hydrogens (tertiary/aromatic N) is 2. The second-order valence-corrected chi connectivity index (χ2v) is 11.1. The zero-order chi connectivity index (χ0) is 29.5. The number of amides is 3. The molecule has 3 aromatic rings. The van der Waals surface area contributed by atoms with Crippen LogP contribution in [-0.2, 0) is 9.53 Å². The molecule has 5 rings (SSSR count). The molecule has 1 aliphatic carbocycles. The number of hydrogen-bond acceptors (Lipinski definition) is 6. The fraction of sp³-hybridized carbons (Fsp3) is 0.364. The molecule has 0 bridgehead atoms. The summed E-state index contributed by atoms with van der Waals surface area (Å²) >= 11 is 0. The Balaban J connectivity index is 1.05. The molecule has 1 saturated carbocycles. The zero-order valence-corrected chi connectivity index (χ0v) is 24.0. The predicted molar refractivity (Wildman–Crippen MR) is 164 cm³/mol. The van der Waals surface area contributed by atoms with Crippen molar-refractivity contribution >= 4 is 29.3 Å². The lowest BCUT2D eigenvalue weighted by atomic mass is 10.0. The van der Waals surface area contributed by atoms with Gasteiger partial charge in [0.2, 0.25) is 5.91 Å². The third-order valence-corrected chi connectivity index (χ3v) is 7.96. The molecule has 1 unspecified atom stereocenters. The number of benzene rings is 3. The van der Waals surface area contributed by atoms with E-state index in [-0.39, 0.29) is 23.8 Å². The fourth-order valence-corrected chi connectivity index (χ4v) is 5.24. The Kier molecular flexibility index (Phi) is 9.51. The van der Waals surface area contributed by atoms with Crippen LogP contribution in [0.3, 0.4) is 0 Å². The summed E-state index contributed by atoms with van der Waals surface area (Å²) < 4.78 is 5.75. The second-order valence-electron chi connectivity index (χ2n) is 11.1. The number of likely N-dealkylation sites (N-methyl/N-ethyl adjacent to an activating group) is 1. The van der Waals surface area contributed by atoms with Crippen LogP contribution < -0.4 is 16.4 Å². The van der Waals surface area contributed by atoms with Gasteiger partial charge < -0.3 is 25.6 Å². The standard InChI is InChI=1S/C33H39N5O4/c1-37(32(40)25-10-7-11-26(22-25)35-31(39)30(34)24-14-15-24)20-21-38-18-16-27(17-19-38)42-33(41)36-29-13-6-5-12-28(29)23-8-3-2-4-9-23/h2-13,22,24,27,30H,14-21,34H2,1H3,(H,35,39)(H,36,41). The van der Waals surface area contributed by atoms with Crippen molar-refractivity contribution in [3.05, 3.63) is 84.4 Å². The van der Waals surface area contributed by atoms with Gasteiger partial charge in [0.15, 0.2) is 0 Å². The molecule has 1 saturated heterocycles. The number of anilines is 2. The topological polar surface area (TPSA) is 117 Å². The number of likely N-dealkylation sites (tertiary alicyclic amines) is 1. The summed E-state index contributed by atoms with van der Waals surface area (Å²) in [6.45, 7) is 2.84. The molecule has 2 fully saturated rings. The summed E-state index contributed by atoms with van der Waals surface area (Å²) in [5, 5.41) is 5.75. The van der Waals surface area contributed by atoms with Crippen LogP contribution in [0.5, 0.6) is 0 Å². The Hall–Kier alpha value is -4.21. The van der Waals surface area contributed by atoms with Gasteiger partial charge in [-0.1, -0.05) is 54.6 Å². The molecule has 3 amide bonds. The average molecular weight is 570 g/mol. The number of hydrogen-bond donors (Lipinski definition) is 3. The maximum absolute atomic E-state index is 13.1. The molecule has 0 spiro atoms. The van der Waals surface area contributed by atoms with Gasteiger partial charge in [-0.3, -0.25) is 14.9 Å². The first-order chi connectivity index (χ1) is 20.4. The Bertz CT molecular complexity index is 1390. The van der Waals surface area contributed by atoms with Crippen molar-refractivity contribution in [1.29, 1.82) is 0 Å². The highest BCUT2D eigenvalue weighted by atomic mass is 16.6. The molecule has 3 aromatic carbocycles. The Morgan fingerprint density at radius 1 is 0.929 bits per heavy atom. The van der Waals surface area contributed by atoms with E-state index in [1.165, 1.54) is 0 Å². The van der Waals surface area contributed by atoms with Gasteiger partial charge in [0.25, 0.3) is 5.91 Å². The van der Waals surface area contributed by atoms with Crippen LogP contribution in [0.4, 0.5) is 16.2 Å². The minimum atomic E-state index is -0.507. The smallest absolute Gasteiger partial charge is 0.411 e. The van der Waals surface area contributed by atoms with Crippen LogP contribution in [-0.4, -0.2) is 73.1 Å². The molecule has 0 aromatic heterocycles. The van der Waals surface area contributed by atoms with Crippen LogP contribution in [0.2, 0.25) is 0 Å². The summed E-state index contributed by atoms with van der Waals surface area (Å²) in [4.78, 5) is 42.1. The second kappa shape index (κ2) is 13.6. The van der Waals surface area contributed by atoms with Gasteiger partial charge >= 0.3 is 6.09 Å². The number of rotatable bonds is 10. The third kappa shape index (κ3) is 7.74. The summed E-state index contributed by atoms with van der Waals surface area (Å²) in [6.07, 6.45) is 2.84. The predicted octanol–water partition coefficient (Wildman–Crippen LogP) is 4.81. The molecule has 4 N–H and O–H groups in total. The number of nitrogens with one attached hydrogen (secondary N) is 2. The van der Waals surface area contributed by atoms with Crippen molar-refractivity contribution in [3.8, 4) is 11.1 Å². The van der Waals surface area contributed by atoms with Gasteiger partial charge in [-0.05, 0) is 61.4 Å². The molecule has 9 nitrogen and oxygen atoms in total. The Morgan fingerprint density at radius 2 is 1.64 bits per heavy atom. The fourth-order valence-electron chi connectivity index (χ4n) is 5.24. The van der Waals surface area contributed by atoms with E-state index in [1.807, 2.05) is 54.6 Å². The first-order valence-corrected chi connectivity index (χ1v) is 14.6. The van der Waals surface area contributed by atoms with Crippen molar-refractivity contribution in [2.75, 3.05) is 43.9 Å². The molecule has 1 heterocycles. The number of ether oxygens (including phenoxy) is 1. The minimum Gasteiger partial charge on any atom is -0.446 e. The van der Waals surface area contributed by atoms with Crippen molar-refractivity contribution in [3.63, 3.8) is 0 Å². The molecule has 42 heavy (non-hydrogen) atoms. The average Bonchev–Trinajstić information content (AvgIpc) is 3.86. The van der Waals surface area contributed by atoms with E-state index in [4.69, 9.17) is 10.5 Å². The lowest BCUT2D eigenvalue weighted by Crippen LogP contribution is -2.42. The van der Waals surface area contributed by atoms with Gasteiger partial charge in [0, 0.05) is 50.0 Å². The van der Waals surface area contributed by atoms with Gasteiger partial charge in [-0.25, -0.2) is 4.79 Å². The van der Waals surface area contributed by atoms with Crippen molar-refractivity contribution in [1.82, 2.24) is 9.80 Å². The maximum atomic E-state index is 13.1. The minimum absolute atomic E-state index is 0.108. The van der Waals surface area contributed by atoms with Crippen LogP contribution in [0.25, 0.3) is 11.1 Å². The van der Waals surface area contributed by atoms with Gasteiger partial charge in [-0.2, -0.15) is 0 Å². The quantitative estimate of drug-likeness (QED) is 0.323. The summed E-state index contributed by atoms with van der Waals surface area (Å²) in [7, 11) is 1.78. The van der Waals surface area contributed by atoms with E-state index in [0.717, 1.165) is 56.4 Å². The molecule has 9 heteroatoms. The van der Waals surface area contributed by atoms with Crippen LogP contribution in [0.1, 0.15) is 36.0 Å². The van der Waals surface area contributed by atoms with Gasteiger partial charge in [-0.15, -0.1) is 0 Å². The molecule has 1 atom stereocenters. The van der Waals surface area contributed by atoms with Crippen LogP contribution in [0.15, 0.2) is 78.9 Å². The highest BCUT2D eigenvalue weighted by Crippen LogP contribution is 2.32. The van der Waals surface area contributed by atoms with Crippen molar-refractivity contribution in [2.24, 2.45) is 11.7 Å². The van der Waals surface area contributed by atoms with E-state index in [2.05, 4.69) is 15.5 Å². The first-order valence-electron chi connectivity index (χ1n) is 14.6. The molecule has 2 aliphatic rings. The number of carbonyl (C=O) groups excluding carboxylic acids is 3. The summed E-state index contributed by atoms with van der Waals surface area (Å²) in [5.74, 6) is -0.0576. The zero-order valence-electron chi connectivity index (χ0n) is 24.0. The van der Waals surface area contributed by atoms with E-state index in [0.29, 0.717) is 23.5 Å². The largest absolute Gasteiger partial charge is 0.446 e. The Labute approximate surface area is 247 Å². The lowest BCUT2D eigenvalue weighted by molar-refractivity contribution is -0.117. The van der Waals surface area contributed by atoms with Gasteiger partial charge in [0.05, 0.1) is 11.7 Å². The SMILES string of the molecule is CN(CCN1CCC(OC(=O)Nc2ccccc2-c2ccccc2)CC1)C(=O)c1cccc(NC(=O)C(N)C2CC2)c1. The number of piperidine rings is 1. The van der Waals surface area contributed by atoms with Crippen LogP contribution in [0, 0.1) is 5.92 Å². The Morgan fingerprint density at radius 3 is 2.38 bits per heavy atom. The van der Waals surface area contributed by atoms with Gasteiger partial charge in [0.1, 0.15) is 6.10 Å². The first kappa shape index (κ1) is 29.3. The maximum Gasteiger partial charge on any atom is 0.411 e.